The first-order valence-corrected chi connectivity index (χ1v) is 8.23. The number of rotatable bonds is 8. The summed E-state index contributed by atoms with van der Waals surface area (Å²) in [4.78, 5) is 47.8. The third-order valence-electron chi connectivity index (χ3n) is 3.60. The summed E-state index contributed by atoms with van der Waals surface area (Å²) in [5.74, 6) is -3.05. The van der Waals surface area contributed by atoms with Gasteiger partial charge in [-0.2, -0.15) is 0 Å². The number of hydrogen-bond acceptors (Lipinski definition) is 7. The largest absolute Gasteiger partial charge is 0.467 e. The summed E-state index contributed by atoms with van der Waals surface area (Å²) in [7, 11) is 2.15. The SMILES string of the molecule is COC(=O)C(NC(=O)[C@@H](NC(=O)OCc1ccccc1)C(C)C)C(=O)OC. The van der Waals surface area contributed by atoms with Gasteiger partial charge in [-0.05, 0) is 11.5 Å². The Kier molecular flexibility index (Phi) is 8.77. The van der Waals surface area contributed by atoms with Crippen LogP contribution in [0.2, 0.25) is 0 Å². The van der Waals surface area contributed by atoms with E-state index in [0.717, 1.165) is 19.8 Å². The van der Waals surface area contributed by atoms with Gasteiger partial charge in [0.1, 0.15) is 12.6 Å². The molecule has 9 heteroatoms. The van der Waals surface area contributed by atoms with E-state index in [-0.39, 0.29) is 12.5 Å². The number of nitrogens with one attached hydrogen (secondary N) is 2. The number of ether oxygens (including phenoxy) is 3. The highest BCUT2D eigenvalue weighted by Crippen LogP contribution is 2.06. The van der Waals surface area contributed by atoms with Crippen molar-refractivity contribution in [3.8, 4) is 0 Å². The lowest BCUT2D eigenvalue weighted by Crippen LogP contribution is -2.56. The van der Waals surface area contributed by atoms with Crippen LogP contribution >= 0.6 is 0 Å². The van der Waals surface area contributed by atoms with Crippen molar-refractivity contribution in [3.63, 3.8) is 0 Å². The molecule has 0 saturated carbocycles. The molecule has 1 aromatic rings. The summed E-state index contributed by atoms with van der Waals surface area (Å²) in [6.07, 6.45) is -0.805. The van der Waals surface area contributed by atoms with Crippen molar-refractivity contribution in [1.29, 1.82) is 0 Å². The van der Waals surface area contributed by atoms with Gasteiger partial charge >= 0.3 is 18.0 Å². The highest BCUT2D eigenvalue weighted by Gasteiger charge is 2.34. The van der Waals surface area contributed by atoms with Crippen LogP contribution in [0.3, 0.4) is 0 Å². The third-order valence-corrected chi connectivity index (χ3v) is 3.60. The number of carbonyl (C=O) groups excluding carboxylic acids is 4. The molecule has 2 N–H and O–H groups in total. The van der Waals surface area contributed by atoms with Crippen molar-refractivity contribution in [2.45, 2.75) is 32.5 Å². The Hall–Kier alpha value is -3.10. The van der Waals surface area contributed by atoms with E-state index in [9.17, 15) is 19.2 Å². The Morgan fingerprint density at radius 3 is 1.96 bits per heavy atom. The van der Waals surface area contributed by atoms with Crippen LogP contribution in [0.4, 0.5) is 4.79 Å². The van der Waals surface area contributed by atoms with Gasteiger partial charge in [0.2, 0.25) is 11.9 Å². The molecule has 1 aromatic carbocycles. The second-order valence-corrected chi connectivity index (χ2v) is 5.92. The second-order valence-electron chi connectivity index (χ2n) is 5.92. The van der Waals surface area contributed by atoms with Gasteiger partial charge in [0.15, 0.2) is 0 Å². The predicted octanol–water partition coefficient (Wildman–Crippen LogP) is 0.768. The minimum absolute atomic E-state index is 0.0338. The first-order chi connectivity index (χ1) is 12.8. The molecule has 0 fully saturated rings. The fourth-order valence-electron chi connectivity index (χ4n) is 2.11. The Balaban J connectivity index is 2.72. The van der Waals surface area contributed by atoms with E-state index in [2.05, 4.69) is 20.1 Å². The molecule has 0 radical (unpaired) electrons. The van der Waals surface area contributed by atoms with Gasteiger partial charge in [0, 0.05) is 0 Å². The van der Waals surface area contributed by atoms with Crippen LogP contribution < -0.4 is 10.6 Å². The molecule has 0 saturated heterocycles. The minimum Gasteiger partial charge on any atom is -0.467 e. The fourth-order valence-corrected chi connectivity index (χ4v) is 2.11. The molecular formula is C18H24N2O7. The molecule has 0 aliphatic heterocycles. The van der Waals surface area contributed by atoms with Crippen LogP contribution in [-0.2, 0) is 35.2 Å². The van der Waals surface area contributed by atoms with Gasteiger partial charge < -0.3 is 24.8 Å². The van der Waals surface area contributed by atoms with Crippen LogP contribution in [0.25, 0.3) is 0 Å². The number of esters is 2. The quantitative estimate of drug-likeness (QED) is 0.388. The Labute approximate surface area is 157 Å². The summed E-state index contributed by atoms with van der Waals surface area (Å²) in [5.41, 5.74) is 0.787. The number of methoxy groups -OCH3 is 2. The molecule has 0 aliphatic rings. The van der Waals surface area contributed by atoms with Crippen LogP contribution in [0, 0.1) is 5.92 Å². The summed E-state index contributed by atoms with van der Waals surface area (Å²) in [6, 6.07) is 6.36. The first kappa shape index (κ1) is 21.9. The first-order valence-electron chi connectivity index (χ1n) is 8.23. The van der Waals surface area contributed by atoms with E-state index in [0.29, 0.717) is 0 Å². The van der Waals surface area contributed by atoms with Crippen molar-refractivity contribution in [1.82, 2.24) is 10.6 Å². The zero-order valence-electron chi connectivity index (χ0n) is 15.7. The molecule has 27 heavy (non-hydrogen) atoms. The van der Waals surface area contributed by atoms with Crippen molar-refractivity contribution < 1.29 is 33.4 Å². The van der Waals surface area contributed by atoms with Crippen molar-refractivity contribution in [2.75, 3.05) is 14.2 Å². The molecule has 0 bridgehead atoms. The molecular weight excluding hydrogens is 356 g/mol. The Morgan fingerprint density at radius 2 is 1.48 bits per heavy atom. The molecule has 0 heterocycles. The molecule has 1 rings (SSSR count). The van der Waals surface area contributed by atoms with E-state index >= 15 is 0 Å². The number of carbonyl (C=O) groups is 4. The minimum atomic E-state index is -1.63. The average molecular weight is 380 g/mol. The lowest BCUT2D eigenvalue weighted by atomic mass is 10.0. The molecule has 1 atom stereocenters. The summed E-state index contributed by atoms with van der Waals surface area (Å²) >= 11 is 0. The maximum Gasteiger partial charge on any atom is 0.408 e. The van der Waals surface area contributed by atoms with E-state index in [1.165, 1.54) is 0 Å². The fraction of sp³-hybridized carbons (Fsp3) is 0.444. The summed E-state index contributed by atoms with van der Waals surface area (Å²) in [5, 5.41) is 4.65. The van der Waals surface area contributed by atoms with Gasteiger partial charge in [0.25, 0.3) is 0 Å². The van der Waals surface area contributed by atoms with E-state index in [1.807, 2.05) is 6.07 Å². The van der Waals surface area contributed by atoms with Gasteiger partial charge in [0.05, 0.1) is 14.2 Å². The van der Waals surface area contributed by atoms with Crippen LogP contribution in [-0.4, -0.2) is 50.2 Å². The topological polar surface area (TPSA) is 120 Å². The Bertz CT molecular complexity index is 645. The van der Waals surface area contributed by atoms with Gasteiger partial charge in [-0.15, -0.1) is 0 Å². The maximum absolute atomic E-state index is 12.4. The number of amides is 2. The number of hydrogen-bond donors (Lipinski definition) is 2. The van der Waals surface area contributed by atoms with E-state index < -0.39 is 36.0 Å². The van der Waals surface area contributed by atoms with Crippen molar-refractivity contribution in [3.05, 3.63) is 35.9 Å². The number of benzene rings is 1. The Morgan fingerprint density at radius 1 is 0.926 bits per heavy atom. The molecule has 0 unspecified atom stereocenters. The third kappa shape index (κ3) is 6.96. The second kappa shape index (κ2) is 10.8. The summed E-state index contributed by atoms with van der Waals surface area (Å²) in [6.45, 7) is 3.41. The van der Waals surface area contributed by atoms with Crippen LogP contribution in [0.5, 0.6) is 0 Å². The van der Waals surface area contributed by atoms with Crippen LogP contribution in [0.1, 0.15) is 19.4 Å². The molecule has 0 aliphatic carbocycles. The zero-order valence-corrected chi connectivity index (χ0v) is 15.7. The van der Waals surface area contributed by atoms with Crippen molar-refractivity contribution >= 4 is 23.9 Å². The maximum atomic E-state index is 12.4. The molecule has 0 aromatic heterocycles. The lowest BCUT2D eigenvalue weighted by Gasteiger charge is -2.23. The van der Waals surface area contributed by atoms with E-state index in [1.54, 1.807) is 38.1 Å². The number of alkyl carbamates (subject to hydrolysis) is 1. The van der Waals surface area contributed by atoms with Crippen LogP contribution in [0.15, 0.2) is 30.3 Å². The average Bonchev–Trinajstić information content (AvgIpc) is 2.67. The highest BCUT2D eigenvalue weighted by atomic mass is 16.6. The van der Waals surface area contributed by atoms with Gasteiger partial charge in [-0.3, -0.25) is 4.79 Å². The predicted molar refractivity (Wildman–Crippen MR) is 94.4 cm³/mol. The lowest BCUT2D eigenvalue weighted by molar-refractivity contribution is -0.157. The molecule has 0 spiro atoms. The van der Waals surface area contributed by atoms with Gasteiger partial charge in [-0.1, -0.05) is 44.2 Å². The molecule has 148 valence electrons. The normalized spacial score (nSPS) is 11.5. The van der Waals surface area contributed by atoms with E-state index in [4.69, 9.17) is 4.74 Å². The highest BCUT2D eigenvalue weighted by molar-refractivity contribution is 6.03. The monoisotopic (exact) mass is 380 g/mol. The summed E-state index contributed by atoms with van der Waals surface area (Å²) < 4.78 is 14.0. The smallest absolute Gasteiger partial charge is 0.408 e. The van der Waals surface area contributed by atoms with Gasteiger partial charge in [-0.25, -0.2) is 14.4 Å². The molecule has 9 nitrogen and oxygen atoms in total. The standard InChI is InChI=1S/C18H24N2O7/c1-11(2)13(15(21)19-14(16(22)25-3)17(23)26-4)20-18(24)27-10-12-8-6-5-7-9-12/h5-9,11,13-14H,10H2,1-4H3,(H,19,21)(H,20,24)/t13-/m0/s1. The van der Waals surface area contributed by atoms with Crippen molar-refractivity contribution in [2.24, 2.45) is 5.92 Å². The zero-order chi connectivity index (χ0) is 20.4. The molecule has 2 amide bonds.